The predicted molar refractivity (Wildman–Crippen MR) is 132 cm³/mol. The van der Waals surface area contributed by atoms with E-state index in [0.29, 0.717) is 40.6 Å². The van der Waals surface area contributed by atoms with Gasteiger partial charge in [0, 0.05) is 12.0 Å². The van der Waals surface area contributed by atoms with Crippen LogP contribution >= 0.6 is 0 Å². The van der Waals surface area contributed by atoms with Gasteiger partial charge in [-0.15, -0.1) is 0 Å². The van der Waals surface area contributed by atoms with Crippen LogP contribution in [0.5, 0.6) is 0 Å². The van der Waals surface area contributed by atoms with E-state index in [1.165, 1.54) is 57.8 Å². The molecule has 4 saturated carbocycles. The van der Waals surface area contributed by atoms with Gasteiger partial charge in [0.2, 0.25) is 0 Å². The lowest BCUT2D eigenvalue weighted by Crippen LogP contribution is -2.64. The van der Waals surface area contributed by atoms with Crippen LogP contribution < -0.4 is 0 Å². The molecule has 8 atom stereocenters. The topological polar surface area (TPSA) is 40.5 Å². The molecule has 0 aliphatic heterocycles. The number of allylic oxidation sites excluding steroid dienone is 2. The van der Waals surface area contributed by atoms with E-state index < -0.39 is 0 Å². The van der Waals surface area contributed by atoms with Crippen molar-refractivity contribution < 1.29 is 10.2 Å². The lowest BCUT2D eigenvalue weighted by atomic mass is 9.33. The minimum Gasteiger partial charge on any atom is -0.396 e. The maximum Gasteiger partial charge on any atom is 0.0594 e. The molecular formula is C30H50O2. The Morgan fingerprint density at radius 2 is 1.53 bits per heavy atom. The summed E-state index contributed by atoms with van der Waals surface area (Å²) in [5, 5.41) is 21.5. The standard InChI is InChI=1S/C30H50O2/c1-25(2)14-16-30(19-31)17-15-28(6)20(21(30)18-25)8-9-23-27(5)12-11-24(32)26(3,4)22(27)10-13-29(23,28)7/h8,21-24,31-32H,9-19H2,1-7H3/t21-,22?,23?,24-,27-,28-,29+,30?/m0/s1. The Kier molecular flexibility index (Phi) is 5.02. The predicted octanol–water partition coefficient (Wildman–Crippen LogP) is 7.14. The van der Waals surface area contributed by atoms with Gasteiger partial charge < -0.3 is 10.2 Å². The molecule has 0 saturated heterocycles. The Hall–Kier alpha value is -0.340. The summed E-state index contributed by atoms with van der Waals surface area (Å²) in [6.07, 6.45) is 14.6. The SMILES string of the molecule is CC1(C)CCC2(CO)CC[C@@]3(C)C(=CCC4[C@@]5(C)CC[C@H](O)C(C)(C)C5CC[C@]43C)[C@@H]2C1. The van der Waals surface area contributed by atoms with E-state index in [0.717, 1.165) is 6.42 Å². The quantitative estimate of drug-likeness (QED) is 0.424. The molecule has 5 aliphatic carbocycles. The van der Waals surface area contributed by atoms with Crippen molar-refractivity contribution in [2.45, 2.75) is 119 Å². The molecule has 0 aromatic heterocycles. The molecule has 2 heteroatoms. The first-order valence-electron chi connectivity index (χ1n) is 13.8. The average molecular weight is 443 g/mol. The third-order valence-electron chi connectivity index (χ3n) is 13.1. The second-order valence-corrected chi connectivity index (χ2v) is 15.1. The van der Waals surface area contributed by atoms with Crippen molar-refractivity contribution >= 4 is 0 Å². The van der Waals surface area contributed by atoms with Gasteiger partial charge in [0.15, 0.2) is 0 Å². The summed E-state index contributed by atoms with van der Waals surface area (Å²) in [5.41, 5.74) is 3.16. The van der Waals surface area contributed by atoms with E-state index in [2.05, 4.69) is 54.5 Å². The van der Waals surface area contributed by atoms with Crippen LogP contribution in [0.3, 0.4) is 0 Å². The van der Waals surface area contributed by atoms with Crippen molar-refractivity contribution in [3.05, 3.63) is 11.6 Å². The van der Waals surface area contributed by atoms with Crippen molar-refractivity contribution in [2.75, 3.05) is 6.61 Å². The zero-order valence-corrected chi connectivity index (χ0v) is 22.1. The molecule has 5 rings (SSSR count). The van der Waals surface area contributed by atoms with Gasteiger partial charge in [-0.25, -0.2) is 0 Å². The Morgan fingerprint density at radius 3 is 2.22 bits per heavy atom. The van der Waals surface area contributed by atoms with Gasteiger partial charge in [-0.3, -0.25) is 0 Å². The maximum atomic E-state index is 10.9. The molecule has 0 aromatic rings. The normalized spacial score (nSPS) is 53.8. The summed E-state index contributed by atoms with van der Waals surface area (Å²) >= 11 is 0. The second-order valence-electron chi connectivity index (χ2n) is 15.1. The summed E-state index contributed by atoms with van der Waals surface area (Å²) in [6.45, 7) is 17.8. The monoisotopic (exact) mass is 442 g/mol. The fourth-order valence-electron chi connectivity index (χ4n) is 10.6. The van der Waals surface area contributed by atoms with E-state index in [9.17, 15) is 10.2 Å². The highest BCUT2D eigenvalue weighted by Gasteiger charge is 2.68. The van der Waals surface area contributed by atoms with Gasteiger partial charge in [-0.2, -0.15) is 0 Å². The third-order valence-corrected chi connectivity index (χ3v) is 13.1. The van der Waals surface area contributed by atoms with Crippen LogP contribution in [0.4, 0.5) is 0 Å². The Balaban J connectivity index is 1.58. The fraction of sp³-hybridized carbons (Fsp3) is 0.933. The highest BCUT2D eigenvalue weighted by atomic mass is 16.3. The number of fused-ring (bicyclic) bond motifs is 7. The van der Waals surface area contributed by atoms with E-state index >= 15 is 0 Å². The Morgan fingerprint density at radius 1 is 0.844 bits per heavy atom. The first-order chi connectivity index (χ1) is 14.8. The smallest absolute Gasteiger partial charge is 0.0594 e. The number of rotatable bonds is 1. The lowest BCUT2D eigenvalue weighted by Gasteiger charge is -2.71. The van der Waals surface area contributed by atoms with E-state index in [1.807, 2.05) is 0 Å². The van der Waals surface area contributed by atoms with E-state index in [-0.39, 0.29) is 22.3 Å². The molecule has 182 valence electrons. The van der Waals surface area contributed by atoms with Crippen LogP contribution in [0.25, 0.3) is 0 Å². The first-order valence-corrected chi connectivity index (χ1v) is 13.8. The maximum absolute atomic E-state index is 10.9. The zero-order chi connectivity index (χ0) is 23.4. The van der Waals surface area contributed by atoms with Crippen molar-refractivity contribution in [3.63, 3.8) is 0 Å². The van der Waals surface area contributed by atoms with Gasteiger partial charge >= 0.3 is 0 Å². The molecule has 5 aliphatic rings. The van der Waals surface area contributed by atoms with Gasteiger partial charge in [-0.1, -0.05) is 60.1 Å². The molecule has 4 fully saturated rings. The number of aliphatic hydroxyl groups excluding tert-OH is 2. The number of hydrogen-bond donors (Lipinski definition) is 2. The van der Waals surface area contributed by atoms with Crippen molar-refractivity contribution in [1.82, 2.24) is 0 Å². The van der Waals surface area contributed by atoms with E-state index in [4.69, 9.17) is 0 Å². The molecule has 0 aromatic carbocycles. The highest BCUT2D eigenvalue weighted by molar-refractivity contribution is 5.33. The molecule has 0 amide bonds. The van der Waals surface area contributed by atoms with Gasteiger partial charge in [0.05, 0.1) is 6.10 Å². The summed E-state index contributed by atoms with van der Waals surface area (Å²) < 4.78 is 0. The van der Waals surface area contributed by atoms with Crippen molar-refractivity contribution in [3.8, 4) is 0 Å². The zero-order valence-electron chi connectivity index (χ0n) is 22.1. The van der Waals surface area contributed by atoms with Gasteiger partial charge in [0.25, 0.3) is 0 Å². The van der Waals surface area contributed by atoms with Crippen LogP contribution in [0.15, 0.2) is 11.6 Å². The molecule has 0 bridgehead atoms. The molecule has 32 heavy (non-hydrogen) atoms. The first kappa shape index (κ1) is 23.4. The summed E-state index contributed by atoms with van der Waals surface area (Å²) in [4.78, 5) is 0. The van der Waals surface area contributed by atoms with Gasteiger partial charge in [-0.05, 0) is 109 Å². The van der Waals surface area contributed by atoms with Crippen molar-refractivity contribution in [1.29, 1.82) is 0 Å². The van der Waals surface area contributed by atoms with Crippen LogP contribution in [0.1, 0.15) is 113 Å². The fourth-order valence-corrected chi connectivity index (χ4v) is 10.6. The van der Waals surface area contributed by atoms with Crippen LogP contribution in [0, 0.1) is 50.2 Å². The van der Waals surface area contributed by atoms with E-state index in [1.54, 1.807) is 5.57 Å². The Labute approximate surface area is 197 Å². The van der Waals surface area contributed by atoms with Crippen LogP contribution in [-0.2, 0) is 0 Å². The summed E-state index contributed by atoms with van der Waals surface area (Å²) in [7, 11) is 0. The molecular weight excluding hydrogens is 392 g/mol. The Bertz CT molecular complexity index is 810. The third kappa shape index (κ3) is 2.78. The van der Waals surface area contributed by atoms with Crippen molar-refractivity contribution in [2.24, 2.45) is 50.2 Å². The summed E-state index contributed by atoms with van der Waals surface area (Å²) in [6, 6.07) is 0. The molecule has 2 nitrogen and oxygen atoms in total. The van der Waals surface area contributed by atoms with Gasteiger partial charge in [0.1, 0.15) is 0 Å². The lowest BCUT2D eigenvalue weighted by molar-refractivity contribution is -0.204. The summed E-state index contributed by atoms with van der Waals surface area (Å²) in [5.74, 6) is 1.87. The molecule has 0 spiro atoms. The molecule has 0 heterocycles. The average Bonchev–Trinajstić information content (AvgIpc) is 2.71. The second kappa shape index (κ2) is 6.87. The molecule has 2 N–H and O–H groups in total. The molecule has 3 unspecified atom stereocenters. The highest BCUT2D eigenvalue weighted by Crippen LogP contribution is 2.75. The number of hydrogen-bond acceptors (Lipinski definition) is 2. The number of aliphatic hydroxyl groups is 2. The minimum absolute atomic E-state index is 0.0191. The van der Waals surface area contributed by atoms with Crippen LogP contribution in [0.2, 0.25) is 0 Å². The molecule has 0 radical (unpaired) electrons. The van der Waals surface area contributed by atoms with Crippen LogP contribution in [-0.4, -0.2) is 22.9 Å². The minimum atomic E-state index is -0.153. The largest absolute Gasteiger partial charge is 0.396 e.